The molecule has 0 bridgehead atoms. The third kappa shape index (κ3) is 2.48. The predicted octanol–water partition coefficient (Wildman–Crippen LogP) is 4.05. The number of hydrogen-bond acceptors (Lipinski definition) is 2. The molecular formula is C18H16FNO2. The molecule has 1 aromatic heterocycles. The van der Waals surface area contributed by atoms with Gasteiger partial charge in [-0.15, -0.1) is 0 Å². The third-order valence-electron chi connectivity index (χ3n) is 3.63. The van der Waals surface area contributed by atoms with Gasteiger partial charge in [-0.05, 0) is 31.2 Å². The standard InChI is InChI=1S/C18H16FNO2/c1-12(2)18(21)22-10-9-20-16-6-4-3-5-14(16)15-11-13(19)7-8-17(15)20/h3-8,11H,1,9-10H2,2H3. The Kier molecular flexibility index (Phi) is 3.67. The van der Waals surface area contributed by atoms with Gasteiger partial charge in [-0.1, -0.05) is 24.8 Å². The number of carbonyl (C=O) groups excluding carboxylic acids is 1. The smallest absolute Gasteiger partial charge is 0.333 e. The maximum Gasteiger partial charge on any atom is 0.333 e. The summed E-state index contributed by atoms with van der Waals surface area (Å²) >= 11 is 0. The minimum atomic E-state index is -0.396. The number of benzene rings is 2. The Hall–Kier alpha value is -2.62. The van der Waals surface area contributed by atoms with Gasteiger partial charge >= 0.3 is 5.97 Å². The zero-order valence-electron chi connectivity index (χ0n) is 12.3. The van der Waals surface area contributed by atoms with Crippen molar-refractivity contribution < 1.29 is 13.9 Å². The molecule has 0 unspecified atom stereocenters. The molecule has 0 N–H and O–H groups in total. The van der Waals surface area contributed by atoms with Crippen molar-refractivity contribution in [2.45, 2.75) is 13.5 Å². The van der Waals surface area contributed by atoms with E-state index in [1.54, 1.807) is 13.0 Å². The van der Waals surface area contributed by atoms with Gasteiger partial charge in [0.25, 0.3) is 0 Å². The van der Waals surface area contributed by atoms with Gasteiger partial charge in [0.2, 0.25) is 0 Å². The molecule has 0 aliphatic carbocycles. The van der Waals surface area contributed by atoms with Crippen LogP contribution in [0, 0.1) is 5.82 Å². The number of esters is 1. The van der Waals surface area contributed by atoms with Crippen molar-refractivity contribution in [3.8, 4) is 0 Å². The highest BCUT2D eigenvalue weighted by atomic mass is 19.1. The maximum absolute atomic E-state index is 13.5. The molecule has 112 valence electrons. The van der Waals surface area contributed by atoms with E-state index in [1.165, 1.54) is 12.1 Å². The lowest BCUT2D eigenvalue weighted by molar-refractivity contribution is -0.139. The van der Waals surface area contributed by atoms with E-state index in [0.29, 0.717) is 12.1 Å². The molecule has 22 heavy (non-hydrogen) atoms. The summed E-state index contributed by atoms with van der Waals surface area (Å²) in [6, 6.07) is 12.5. The average Bonchev–Trinajstić information content (AvgIpc) is 2.81. The Morgan fingerprint density at radius 1 is 1.18 bits per heavy atom. The third-order valence-corrected chi connectivity index (χ3v) is 3.63. The van der Waals surface area contributed by atoms with Crippen molar-refractivity contribution in [2.75, 3.05) is 6.61 Å². The second-order valence-electron chi connectivity index (χ2n) is 5.25. The van der Waals surface area contributed by atoms with Crippen LogP contribution >= 0.6 is 0 Å². The zero-order valence-corrected chi connectivity index (χ0v) is 12.3. The lowest BCUT2D eigenvalue weighted by Gasteiger charge is -2.08. The van der Waals surface area contributed by atoms with E-state index < -0.39 is 5.97 Å². The summed E-state index contributed by atoms with van der Waals surface area (Å²) in [5.41, 5.74) is 2.30. The highest BCUT2D eigenvalue weighted by Crippen LogP contribution is 2.29. The fraction of sp³-hybridized carbons (Fsp3) is 0.167. The molecule has 3 aromatic rings. The Morgan fingerprint density at radius 3 is 2.68 bits per heavy atom. The van der Waals surface area contributed by atoms with Crippen molar-refractivity contribution >= 4 is 27.8 Å². The van der Waals surface area contributed by atoms with Crippen molar-refractivity contribution in [2.24, 2.45) is 0 Å². The van der Waals surface area contributed by atoms with E-state index >= 15 is 0 Å². The van der Waals surface area contributed by atoms with Gasteiger partial charge in [0.05, 0.1) is 6.54 Å². The molecule has 0 atom stereocenters. The first-order chi connectivity index (χ1) is 10.6. The molecule has 0 fully saturated rings. The lowest BCUT2D eigenvalue weighted by Crippen LogP contribution is -2.11. The van der Waals surface area contributed by atoms with Gasteiger partial charge in [0, 0.05) is 27.4 Å². The van der Waals surface area contributed by atoms with Crippen LogP contribution in [-0.2, 0) is 16.1 Å². The molecule has 3 rings (SSSR count). The molecular weight excluding hydrogens is 281 g/mol. The molecule has 0 radical (unpaired) electrons. The molecule has 0 saturated heterocycles. The quantitative estimate of drug-likeness (QED) is 0.537. The van der Waals surface area contributed by atoms with Crippen LogP contribution in [0.1, 0.15) is 6.92 Å². The first-order valence-electron chi connectivity index (χ1n) is 7.07. The fourth-order valence-electron chi connectivity index (χ4n) is 2.62. The van der Waals surface area contributed by atoms with Crippen molar-refractivity contribution in [3.05, 3.63) is 60.4 Å². The van der Waals surface area contributed by atoms with E-state index in [2.05, 4.69) is 6.58 Å². The molecule has 3 nitrogen and oxygen atoms in total. The van der Waals surface area contributed by atoms with Crippen LogP contribution in [0.25, 0.3) is 21.8 Å². The number of para-hydroxylation sites is 1. The van der Waals surface area contributed by atoms with Crippen LogP contribution in [0.3, 0.4) is 0 Å². The van der Waals surface area contributed by atoms with E-state index in [-0.39, 0.29) is 12.4 Å². The van der Waals surface area contributed by atoms with E-state index in [4.69, 9.17) is 4.74 Å². The number of carbonyl (C=O) groups is 1. The highest BCUT2D eigenvalue weighted by molar-refractivity contribution is 6.08. The summed E-state index contributed by atoms with van der Waals surface area (Å²) in [4.78, 5) is 11.5. The first-order valence-corrected chi connectivity index (χ1v) is 7.07. The van der Waals surface area contributed by atoms with Crippen LogP contribution in [0.15, 0.2) is 54.6 Å². The highest BCUT2D eigenvalue weighted by Gasteiger charge is 2.11. The van der Waals surface area contributed by atoms with Crippen molar-refractivity contribution in [1.29, 1.82) is 0 Å². The van der Waals surface area contributed by atoms with Gasteiger partial charge in [-0.3, -0.25) is 0 Å². The van der Waals surface area contributed by atoms with Gasteiger partial charge in [0.15, 0.2) is 0 Å². The minimum Gasteiger partial charge on any atom is -0.460 e. The maximum atomic E-state index is 13.5. The first kappa shape index (κ1) is 14.3. The molecule has 0 saturated carbocycles. The summed E-state index contributed by atoms with van der Waals surface area (Å²) in [7, 11) is 0. The summed E-state index contributed by atoms with van der Waals surface area (Å²) < 4.78 is 20.7. The number of halogens is 1. The topological polar surface area (TPSA) is 31.2 Å². The van der Waals surface area contributed by atoms with Crippen LogP contribution in [0.2, 0.25) is 0 Å². The van der Waals surface area contributed by atoms with E-state index in [9.17, 15) is 9.18 Å². The van der Waals surface area contributed by atoms with Crippen molar-refractivity contribution in [1.82, 2.24) is 4.57 Å². The lowest BCUT2D eigenvalue weighted by atomic mass is 10.1. The number of fused-ring (bicyclic) bond motifs is 3. The molecule has 1 heterocycles. The number of ether oxygens (including phenoxy) is 1. The number of hydrogen-bond donors (Lipinski definition) is 0. The minimum absolute atomic E-state index is 0.247. The van der Waals surface area contributed by atoms with Gasteiger partial charge < -0.3 is 9.30 Å². The van der Waals surface area contributed by atoms with E-state index in [1.807, 2.05) is 28.8 Å². The molecule has 2 aromatic carbocycles. The molecule has 0 aliphatic rings. The average molecular weight is 297 g/mol. The van der Waals surface area contributed by atoms with Crippen LogP contribution in [0.5, 0.6) is 0 Å². The van der Waals surface area contributed by atoms with Crippen LogP contribution in [0.4, 0.5) is 4.39 Å². The Balaban J connectivity index is 2.00. The second kappa shape index (κ2) is 5.64. The number of rotatable bonds is 4. The number of nitrogens with zero attached hydrogens (tertiary/aromatic N) is 1. The Morgan fingerprint density at radius 2 is 1.91 bits per heavy atom. The Bertz CT molecular complexity index is 879. The van der Waals surface area contributed by atoms with Crippen molar-refractivity contribution in [3.63, 3.8) is 0 Å². The largest absolute Gasteiger partial charge is 0.460 e. The van der Waals surface area contributed by atoms with Crippen LogP contribution < -0.4 is 0 Å². The number of aromatic nitrogens is 1. The zero-order chi connectivity index (χ0) is 15.7. The van der Waals surface area contributed by atoms with E-state index in [0.717, 1.165) is 21.8 Å². The summed E-state index contributed by atoms with van der Waals surface area (Å²) in [5, 5.41) is 1.85. The van der Waals surface area contributed by atoms with Gasteiger partial charge in [0.1, 0.15) is 12.4 Å². The normalized spacial score (nSPS) is 11.0. The SMILES string of the molecule is C=C(C)C(=O)OCCn1c2ccccc2c2cc(F)ccc21. The molecule has 0 amide bonds. The fourth-order valence-corrected chi connectivity index (χ4v) is 2.62. The van der Waals surface area contributed by atoms with Gasteiger partial charge in [-0.2, -0.15) is 0 Å². The Labute approximate surface area is 127 Å². The summed E-state index contributed by atoms with van der Waals surface area (Å²) in [6.07, 6.45) is 0. The van der Waals surface area contributed by atoms with Gasteiger partial charge in [-0.25, -0.2) is 9.18 Å². The molecule has 0 spiro atoms. The predicted molar refractivity (Wildman–Crippen MR) is 85.2 cm³/mol. The van der Waals surface area contributed by atoms with Crippen LogP contribution in [-0.4, -0.2) is 17.1 Å². The second-order valence-corrected chi connectivity index (χ2v) is 5.25. The molecule has 4 heteroatoms. The summed E-state index contributed by atoms with van der Waals surface area (Å²) in [6.45, 7) is 5.93. The monoisotopic (exact) mass is 297 g/mol. The molecule has 0 aliphatic heterocycles. The summed E-state index contributed by atoms with van der Waals surface area (Å²) in [5.74, 6) is -0.657.